The monoisotopic (exact) mass is 412 g/mol. The Morgan fingerprint density at radius 1 is 1.07 bits per heavy atom. The third-order valence-corrected chi connectivity index (χ3v) is 5.27. The Morgan fingerprint density at radius 3 is 2.45 bits per heavy atom. The molecular weight excluding hydrogens is 396 g/mol. The van der Waals surface area contributed by atoms with Crippen LogP contribution in [0.1, 0.15) is 15.9 Å². The van der Waals surface area contributed by atoms with Crippen LogP contribution in [0.2, 0.25) is 0 Å². The lowest BCUT2D eigenvalue weighted by Crippen LogP contribution is -2.15. The normalized spacial score (nSPS) is 10.9. The van der Waals surface area contributed by atoms with Crippen molar-refractivity contribution < 1.29 is 18.1 Å². The predicted octanol–water partition coefficient (Wildman–Crippen LogP) is 3.35. The number of pyridine rings is 1. The third-order valence-electron chi connectivity index (χ3n) is 3.90. The Hall–Kier alpha value is -3.79. The van der Waals surface area contributed by atoms with Crippen LogP contribution in [0, 0.1) is 17.0 Å². The highest BCUT2D eigenvalue weighted by molar-refractivity contribution is 7.92. The first-order valence-corrected chi connectivity index (χ1v) is 9.84. The number of benzene rings is 2. The zero-order valence-electron chi connectivity index (χ0n) is 15.2. The van der Waals surface area contributed by atoms with Gasteiger partial charge >= 0.3 is 0 Å². The van der Waals surface area contributed by atoms with Crippen LogP contribution in [0.5, 0.6) is 0 Å². The van der Waals surface area contributed by atoms with Gasteiger partial charge in [0.25, 0.3) is 21.6 Å². The minimum atomic E-state index is -4.02. The number of aromatic nitrogens is 1. The van der Waals surface area contributed by atoms with Crippen LogP contribution < -0.4 is 10.0 Å². The van der Waals surface area contributed by atoms with Crippen molar-refractivity contribution in [1.29, 1.82) is 0 Å². The number of sulfonamides is 1. The SMILES string of the molecule is Cc1ccnc(NC(=O)c2ccc(NS(=O)(=O)c3cccc([N+](=O)[O-])c3)cc2)c1. The average molecular weight is 412 g/mol. The van der Waals surface area contributed by atoms with E-state index in [2.05, 4.69) is 15.0 Å². The van der Waals surface area contributed by atoms with Gasteiger partial charge in [-0.2, -0.15) is 0 Å². The zero-order chi connectivity index (χ0) is 21.0. The number of nitrogens with one attached hydrogen (secondary N) is 2. The van der Waals surface area contributed by atoms with E-state index in [4.69, 9.17) is 0 Å². The number of hydrogen-bond donors (Lipinski definition) is 2. The standard InChI is InChI=1S/C19H16N4O5S/c1-13-9-10-20-18(11-13)21-19(24)14-5-7-15(8-6-14)22-29(27,28)17-4-2-3-16(12-17)23(25)26/h2-12,22H,1H3,(H,20,21,24). The van der Waals surface area contributed by atoms with Crippen LogP contribution in [0.25, 0.3) is 0 Å². The first-order chi connectivity index (χ1) is 13.7. The van der Waals surface area contributed by atoms with Gasteiger partial charge in [-0.1, -0.05) is 6.07 Å². The van der Waals surface area contributed by atoms with Gasteiger partial charge in [0.1, 0.15) is 5.82 Å². The van der Waals surface area contributed by atoms with Crippen molar-refractivity contribution in [2.45, 2.75) is 11.8 Å². The summed E-state index contributed by atoms with van der Waals surface area (Å²) in [5.41, 5.74) is 1.14. The fourth-order valence-electron chi connectivity index (χ4n) is 2.46. The Kier molecular flexibility index (Phi) is 5.55. The molecule has 3 rings (SSSR count). The number of non-ortho nitro benzene ring substituents is 1. The van der Waals surface area contributed by atoms with Gasteiger partial charge in [0, 0.05) is 29.6 Å². The molecular formula is C19H16N4O5S. The Labute approximate surface area is 166 Å². The highest BCUT2D eigenvalue weighted by Gasteiger charge is 2.18. The van der Waals surface area contributed by atoms with E-state index >= 15 is 0 Å². The van der Waals surface area contributed by atoms with Crippen LogP contribution in [-0.4, -0.2) is 24.2 Å². The van der Waals surface area contributed by atoms with Crippen LogP contribution in [0.4, 0.5) is 17.2 Å². The van der Waals surface area contributed by atoms with Crippen molar-refractivity contribution in [1.82, 2.24) is 4.98 Å². The molecule has 0 aliphatic rings. The molecule has 1 heterocycles. The van der Waals surface area contributed by atoms with Gasteiger partial charge in [-0.15, -0.1) is 0 Å². The summed E-state index contributed by atoms with van der Waals surface area (Å²) >= 11 is 0. The summed E-state index contributed by atoms with van der Waals surface area (Å²) in [6.45, 7) is 1.87. The molecule has 2 aromatic carbocycles. The predicted molar refractivity (Wildman–Crippen MR) is 107 cm³/mol. The second-order valence-corrected chi connectivity index (χ2v) is 7.79. The number of nitrogens with zero attached hydrogens (tertiary/aromatic N) is 2. The van der Waals surface area contributed by atoms with Gasteiger partial charge in [-0.05, 0) is 55.0 Å². The molecule has 3 aromatic rings. The lowest BCUT2D eigenvalue weighted by molar-refractivity contribution is -0.385. The summed E-state index contributed by atoms with van der Waals surface area (Å²) in [5, 5.41) is 13.5. The largest absolute Gasteiger partial charge is 0.307 e. The van der Waals surface area contributed by atoms with Crippen LogP contribution in [-0.2, 0) is 10.0 Å². The van der Waals surface area contributed by atoms with Gasteiger partial charge in [-0.25, -0.2) is 13.4 Å². The molecule has 0 aliphatic carbocycles. The maximum absolute atomic E-state index is 12.4. The smallest absolute Gasteiger partial charge is 0.270 e. The third kappa shape index (κ3) is 4.93. The second kappa shape index (κ2) is 8.07. The quantitative estimate of drug-likeness (QED) is 0.471. The number of nitro benzene ring substituents is 1. The summed E-state index contributed by atoms with van der Waals surface area (Å²) in [6, 6.07) is 14.0. The maximum atomic E-state index is 12.4. The lowest BCUT2D eigenvalue weighted by Gasteiger charge is -2.09. The molecule has 0 saturated heterocycles. The van der Waals surface area contributed by atoms with E-state index in [1.165, 1.54) is 42.5 Å². The number of hydrogen-bond acceptors (Lipinski definition) is 6. The molecule has 148 valence electrons. The molecule has 9 nitrogen and oxygen atoms in total. The molecule has 1 aromatic heterocycles. The molecule has 0 atom stereocenters. The molecule has 0 spiro atoms. The van der Waals surface area contributed by atoms with E-state index in [-0.39, 0.29) is 16.3 Å². The highest BCUT2D eigenvalue weighted by Crippen LogP contribution is 2.21. The maximum Gasteiger partial charge on any atom is 0.270 e. The Balaban J connectivity index is 1.73. The van der Waals surface area contributed by atoms with Gasteiger partial charge in [0.2, 0.25) is 0 Å². The molecule has 2 N–H and O–H groups in total. The van der Waals surface area contributed by atoms with Crippen molar-refractivity contribution in [3.63, 3.8) is 0 Å². The summed E-state index contributed by atoms with van der Waals surface area (Å²) < 4.78 is 27.2. The lowest BCUT2D eigenvalue weighted by atomic mass is 10.2. The number of amides is 1. The van der Waals surface area contributed by atoms with Crippen molar-refractivity contribution in [2.24, 2.45) is 0 Å². The minimum absolute atomic E-state index is 0.210. The molecule has 10 heteroatoms. The van der Waals surface area contributed by atoms with Gasteiger partial charge < -0.3 is 5.32 Å². The summed E-state index contributed by atoms with van der Waals surface area (Å²) in [5.74, 6) is 0.0154. The summed E-state index contributed by atoms with van der Waals surface area (Å²) in [4.78, 5) is 26.3. The molecule has 0 radical (unpaired) electrons. The van der Waals surface area contributed by atoms with E-state index < -0.39 is 20.9 Å². The second-order valence-electron chi connectivity index (χ2n) is 6.11. The van der Waals surface area contributed by atoms with E-state index in [9.17, 15) is 23.3 Å². The van der Waals surface area contributed by atoms with Crippen molar-refractivity contribution in [3.8, 4) is 0 Å². The van der Waals surface area contributed by atoms with Gasteiger partial charge in [0.15, 0.2) is 0 Å². The topological polar surface area (TPSA) is 131 Å². The van der Waals surface area contributed by atoms with Crippen molar-refractivity contribution in [2.75, 3.05) is 10.0 Å². The molecule has 0 fully saturated rings. The molecule has 29 heavy (non-hydrogen) atoms. The molecule has 0 aliphatic heterocycles. The number of anilines is 2. The fourth-order valence-corrected chi connectivity index (χ4v) is 3.56. The number of aryl methyl sites for hydroxylation is 1. The van der Waals surface area contributed by atoms with Crippen LogP contribution in [0.3, 0.4) is 0 Å². The van der Waals surface area contributed by atoms with E-state index in [1.807, 2.05) is 6.92 Å². The van der Waals surface area contributed by atoms with Gasteiger partial charge in [-0.3, -0.25) is 19.6 Å². The Bertz CT molecular complexity index is 1180. The van der Waals surface area contributed by atoms with Crippen LogP contribution in [0.15, 0.2) is 71.8 Å². The van der Waals surface area contributed by atoms with Crippen molar-refractivity contribution in [3.05, 3.63) is 88.1 Å². The molecule has 0 saturated carbocycles. The van der Waals surface area contributed by atoms with Gasteiger partial charge in [0.05, 0.1) is 9.82 Å². The van der Waals surface area contributed by atoms with E-state index in [0.717, 1.165) is 11.6 Å². The van der Waals surface area contributed by atoms with Crippen LogP contribution >= 0.6 is 0 Å². The average Bonchev–Trinajstić information content (AvgIpc) is 2.68. The van der Waals surface area contributed by atoms with Crippen molar-refractivity contribution >= 4 is 33.1 Å². The number of carbonyl (C=O) groups excluding carboxylic acids is 1. The number of nitro groups is 1. The highest BCUT2D eigenvalue weighted by atomic mass is 32.2. The Morgan fingerprint density at radius 2 is 1.79 bits per heavy atom. The number of carbonyl (C=O) groups is 1. The summed E-state index contributed by atoms with van der Waals surface area (Å²) in [6.07, 6.45) is 1.58. The minimum Gasteiger partial charge on any atom is -0.307 e. The molecule has 1 amide bonds. The number of rotatable bonds is 6. The zero-order valence-corrected chi connectivity index (χ0v) is 16.0. The first kappa shape index (κ1) is 20.0. The van der Waals surface area contributed by atoms with E-state index in [1.54, 1.807) is 18.3 Å². The summed E-state index contributed by atoms with van der Waals surface area (Å²) in [7, 11) is -4.02. The van der Waals surface area contributed by atoms with E-state index in [0.29, 0.717) is 11.4 Å². The fraction of sp³-hybridized carbons (Fsp3) is 0.0526. The molecule has 0 bridgehead atoms. The first-order valence-electron chi connectivity index (χ1n) is 8.36. The molecule has 0 unspecified atom stereocenters.